The lowest BCUT2D eigenvalue weighted by Gasteiger charge is -2.02. The van der Waals surface area contributed by atoms with Crippen molar-refractivity contribution in [3.63, 3.8) is 0 Å². The first kappa shape index (κ1) is 12.0. The average molecular weight is 319 g/mol. The standard InChI is InChI=1S/C13H11BrN4O/c1-8-4-5-16-13(6-8)18-12(15)7-9(17-18)10-2-3-11(14)19-10/h2-7H,15H2,1H3. The molecular weight excluding hydrogens is 308 g/mol. The maximum atomic E-state index is 5.97. The molecule has 0 aliphatic rings. The van der Waals surface area contributed by atoms with Gasteiger partial charge in [-0.2, -0.15) is 9.78 Å². The van der Waals surface area contributed by atoms with Crippen molar-refractivity contribution < 1.29 is 4.42 Å². The molecule has 0 radical (unpaired) electrons. The molecule has 96 valence electrons. The van der Waals surface area contributed by atoms with Gasteiger partial charge in [-0.15, -0.1) is 0 Å². The smallest absolute Gasteiger partial charge is 0.169 e. The molecule has 0 atom stereocenters. The summed E-state index contributed by atoms with van der Waals surface area (Å²) in [6.45, 7) is 2.00. The maximum Gasteiger partial charge on any atom is 0.169 e. The van der Waals surface area contributed by atoms with Gasteiger partial charge in [-0.25, -0.2) is 4.98 Å². The largest absolute Gasteiger partial charge is 0.448 e. The van der Waals surface area contributed by atoms with Crippen LogP contribution >= 0.6 is 15.9 Å². The summed E-state index contributed by atoms with van der Waals surface area (Å²) < 4.78 is 7.72. The van der Waals surface area contributed by atoms with Gasteiger partial charge in [0.1, 0.15) is 11.5 Å². The first-order chi connectivity index (χ1) is 9.13. The number of hydrogen-bond donors (Lipinski definition) is 1. The summed E-state index contributed by atoms with van der Waals surface area (Å²) in [7, 11) is 0. The Kier molecular flexibility index (Phi) is 2.87. The second-order valence-corrected chi connectivity index (χ2v) is 4.94. The first-order valence-electron chi connectivity index (χ1n) is 5.68. The van der Waals surface area contributed by atoms with Crippen LogP contribution in [0.5, 0.6) is 0 Å². The highest BCUT2D eigenvalue weighted by Gasteiger charge is 2.12. The molecular formula is C13H11BrN4O. The summed E-state index contributed by atoms with van der Waals surface area (Å²) >= 11 is 3.26. The van der Waals surface area contributed by atoms with Crippen molar-refractivity contribution in [2.24, 2.45) is 0 Å². The fourth-order valence-corrected chi connectivity index (χ4v) is 2.09. The van der Waals surface area contributed by atoms with E-state index in [0.29, 0.717) is 27.8 Å². The van der Waals surface area contributed by atoms with Gasteiger partial charge in [-0.05, 0) is 52.7 Å². The van der Waals surface area contributed by atoms with Gasteiger partial charge in [0.05, 0.1) is 0 Å². The van der Waals surface area contributed by atoms with Crippen LogP contribution in [0.3, 0.4) is 0 Å². The van der Waals surface area contributed by atoms with Gasteiger partial charge >= 0.3 is 0 Å². The van der Waals surface area contributed by atoms with E-state index < -0.39 is 0 Å². The van der Waals surface area contributed by atoms with Crippen molar-refractivity contribution in [3.05, 3.63) is 46.8 Å². The minimum absolute atomic E-state index is 0.514. The molecule has 19 heavy (non-hydrogen) atoms. The zero-order valence-corrected chi connectivity index (χ0v) is 11.8. The first-order valence-corrected chi connectivity index (χ1v) is 6.47. The molecule has 0 amide bonds. The number of nitrogen functional groups attached to an aromatic ring is 1. The summed E-state index contributed by atoms with van der Waals surface area (Å²) in [5.74, 6) is 1.86. The molecule has 0 saturated heterocycles. The van der Waals surface area contributed by atoms with Crippen LogP contribution < -0.4 is 5.73 Å². The maximum absolute atomic E-state index is 5.97. The normalized spacial score (nSPS) is 10.8. The third-order valence-corrected chi connectivity index (χ3v) is 3.11. The molecule has 0 aromatic carbocycles. The lowest BCUT2D eigenvalue weighted by atomic mass is 10.3. The summed E-state index contributed by atoms with van der Waals surface area (Å²) in [5, 5.41) is 4.42. The van der Waals surface area contributed by atoms with Gasteiger partial charge < -0.3 is 10.2 Å². The lowest BCUT2D eigenvalue weighted by molar-refractivity contribution is 0.553. The average Bonchev–Trinajstić information content (AvgIpc) is 2.95. The van der Waals surface area contributed by atoms with Crippen LogP contribution in [0.1, 0.15) is 5.56 Å². The zero-order chi connectivity index (χ0) is 13.4. The van der Waals surface area contributed by atoms with Crippen molar-refractivity contribution in [2.45, 2.75) is 6.92 Å². The fourth-order valence-electron chi connectivity index (χ4n) is 1.79. The van der Waals surface area contributed by atoms with Gasteiger partial charge in [0, 0.05) is 12.3 Å². The highest BCUT2D eigenvalue weighted by Crippen LogP contribution is 2.26. The van der Waals surface area contributed by atoms with Crippen LogP contribution in [0.2, 0.25) is 0 Å². The predicted octanol–water partition coefficient (Wildman–Crippen LogP) is 3.18. The molecule has 2 N–H and O–H groups in total. The molecule has 3 rings (SSSR count). The molecule has 5 nitrogen and oxygen atoms in total. The zero-order valence-electron chi connectivity index (χ0n) is 10.2. The van der Waals surface area contributed by atoms with Crippen molar-refractivity contribution in [1.82, 2.24) is 14.8 Å². The Bertz CT molecular complexity index is 732. The van der Waals surface area contributed by atoms with E-state index in [-0.39, 0.29) is 0 Å². The van der Waals surface area contributed by atoms with Crippen molar-refractivity contribution in [2.75, 3.05) is 5.73 Å². The summed E-state index contributed by atoms with van der Waals surface area (Å²) in [5.41, 5.74) is 7.75. The van der Waals surface area contributed by atoms with Crippen LogP contribution in [0.4, 0.5) is 5.82 Å². The SMILES string of the molecule is Cc1ccnc(-n2nc(-c3ccc(Br)o3)cc2N)c1. The molecule has 6 heteroatoms. The molecule has 0 spiro atoms. The molecule has 0 aliphatic heterocycles. The number of aromatic nitrogens is 3. The summed E-state index contributed by atoms with van der Waals surface area (Å²) in [6.07, 6.45) is 1.73. The number of anilines is 1. The van der Waals surface area contributed by atoms with Gasteiger partial charge in [-0.1, -0.05) is 0 Å². The van der Waals surface area contributed by atoms with Gasteiger partial charge in [-0.3, -0.25) is 0 Å². The highest BCUT2D eigenvalue weighted by atomic mass is 79.9. The van der Waals surface area contributed by atoms with E-state index in [1.807, 2.05) is 31.2 Å². The second-order valence-electron chi connectivity index (χ2n) is 4.16. The quantitative estimate of drug-likeness (QED) is 0.787. The van der Waals surface area contributed by atoms with Crippen molar-refractivity contribution in [3.8, 4) is 17.3 Å². The number of hydrogen-bond acceptors (Lipinski definition) is 4. The van der Waals surface area contributed by atoms with Crippen LogP contribution in [0.15, 0.2) is 45.6 Å². The molecule has 3 heterocycles. The van der Waals surface area contributed by atoms with Crippen LogP contribution in [0.25, 0.3) is 17.3 Å². The van der Waals surface area contributed by atoms with Crippen molar-refractivity contribution >= 4 is 21.7 Å². The van der Waals surface area contributed by atoms with E-state index in [0.717, 1.165) is 5.56 Å². The Labute approximate surface area is 118 Å². The van der Waals surface area contributed by atoms with E-state index in [1.54, 1.807) is 16.9 Å². The second kappa shape index (κ2) is 4.55. The Morgan fingerprint density at radius 3 is 2.79 bits per heavy atom. The molecule has 3 aromatic rings. The number of rotatable bonds is 2. The predicted molar refractivity (Wildman–Crippen MR) is 75.9 cm³/mol. The summed E-state index contributed by atoms with van der Waals surface area (Å²) in [6, 6.07) is 9.25. The molecule has 0 saturated carbocycles. The molecule has 0 unspecified atom stereocenters. The topological polar surface area (TPSA) is 69.9 Å². The number of aryl methyl sites for hydroxylation is 1. The highest BCUT2D eigenvalue weighted by molar-refractivity contribution is 9.10. The number of pyridine rings is 1. The van der Waals surface area contributed by atoms with Gasteiger partial charge in [0.25, 0.3) is 0 Å². The van der Waals surface area contributed by atoms with E-state index in [2.05, 4.69) is 26.0 Å². The minimum Gasteiger partial charge on any atom is -0.448 e. The number of furan rings is 1. The molecule has 0 fully saturated rings. The van der Waals surface area contributed by atoms with E-state index in [1.165, 1.54) is 0 Å². The fraction of sp³-hybridized carbons (Fsp3) is 0.0769. The van der Waals surface area contributed by atoms with Gasteiger partial charge in [0.2, 0.25) is 0 Å². The van der Waals surface area contributed by atoms with Crippen LogP contribution in [-0.2, 0) is 0 Å². The van der Waals surface area contributed by atoms with Crippen molar-refractivity contribution in [1.29, 1.82) is 0 Å². The number of nitrogens with two attached hydrogens (primary N) is 1. The Morgan fingerprint density at radius 2 is 2.11 bits per heavy atom. The Morgan fingerprint density at radius 1 is 1.26 bits per heavy atom. The molecule has 0 bridgehead atoms. The lowest BCUT2D eigenvalue weighted by Crippen LogP contribution is -2.03. The Hall–Kier alpha value is -2.08. The number of halogens is 1. The van der Waals surface area contributed by atoms with Gasteiger partial charge in [0.15, 0.2) is 16.2 Å². The summed E-state index contributed by atoms with van der Waals surface area (Å²) in [4.78, 5) is 4.26. The molecule has 0 aliphatic carbocycles. The molecule has 3 aromatic heterocycles. The third-order valence-electron chi connectivity index (χ3n) is 2.68. The number of nitrogens with zero attached hydrogens (tertiary/aromatic N) is 3. The third kappa shape index (κ3) is 2.26. The van der Waals surface area contributed by atoms with Crippen LogP contribution in [-0.4, -0.2) is 14.8 Å². The monoisotopic (exact) mass is 318 g/mol. The Balaban J connectivity index is 2.07. The minimum atomic E-state index is 0.514. The van der Waals surface area contributed by atoms with E-state index in [9.17, 15) is 0 Å². The van der Waals surface area contributed by atoms with E-state index >= 15 is 0 Å². The van der Waals surface area contributed by atoms with Crippen LogP contribution in [0, 0.1) is 6.92 Å². The van der Waals surface area contributed by atoms with E-state index in [4.69, 9.17) is 10.2 Å².